The molecule has 0 unspecified atom stereocenters. The standard InChI is InChI=1S/C51H50N2O16S/c1-26-15-14-16-27(2)45(26)70-51-40(53-48(60)35-21-12-13-22-36(35)49(53)61)44(67-31(6)57)41(63-23-32-17-8-7-9-18-32)37(69-51)25-64-50-39(52-46(58)33-19-10-11-20-34(33)47(52)59)43(66-30(5)56)42(65-29(4)55)38(68-50)24-62-28(3)54/h7-22,37-44,50-51H,23-25H2,1-6H3/t37-,38-,39-,40-,41-,42-,43-,44-,50-,51+/m1/s1. The Labute approximate surface area is 406 Å². The molecule has 0 spiro atoms. The van der Waals surface area contributed by atoms with Crippen LogP contribution < -0.4 is 0 Å². The van der Waals surface area contributed by atoms with Gasteiger partial charge < -0.3 is 37.9 Å². The first-order valence-corrected chi connectivity index (χ1v) is 23.3. The molecule has 2 saturated heterocycles. The van der Waals surface area contributed by atoms with Crippen molar-refractivity contribution < 1.29 is 76.3 Å². The zero-order valence-corrected chi connectivity index (χ0v) is 39.8. The van der Waals surface area contributed by atoms with Gasteiger partial charge in [0.25, 0.3) is 23.6 Å². The van der Waals surface area contributed by atoms with Gasteiger partial charge in [0.1, 0.15) is 42.4 Å². The minimum absolute atomic E-state index is 0.0266. The van der Waals surface area contributed by atoms with Gasteiger partial charge in [0.05, 0.1) is 35.5 Å². The van der Waals surface area contributed by atoms with Crippen molar-refractivity contribution in [2.24, 2.45) is 0 Å². The molecule has 4 amide bonds. The highest BCUT2D eigenvalue weighted by Gasteiger charge is 2.60. The normalized spacial score (nSPS) is 26.1. The number of ether oxygens (including phenoxy) is 8. The van der Waals surface area contributed by atoms with E-state index in [2.05, 4.69) is 0 Å². The lowest BCUT2D eigenvalue weighted by molar-refractivity contribution is -0.298. The molecule has 4 aromatic carbocycles. The molecule has 4 aliphatic rings. The molecule has 0 aromatic heterocycles. The zero-order chi connectivity index (χ0) is 50.0. The van der Waals surface area contributed by atoms with E-state index in [0.29, 0.717) is 5.56 Å². The maximum atomic E-state index is 14.5. The summed E-state index contributed by atoms with van der Waals surface area (Å²) in [6.07, 6.45) is -10.4. The predicted molar refractivity (Wildman–Crippen MR) is 245 cm³/mol. The molecule has 0 saturated carbocycles. The van der Waals surface area contributed by atoms with Crippen LogP contribution in [0.25, 0.3) is 0 Å². The second-order valence-electron chi connectivity index (χ2n) is 17.1. The largest absolute Gasteiger partial charge is 0.463 e. The molecule has 0 radical (unpaired) electrons. The number of aryl methyl sites for hydroxylation is 2. The van der Waals surface area contributed by atoms with Crippen LogP contribution >= 0.6 is 11.8 Å². The zero-order valence-electron chi connectivity index (χ0n) is 39.0. The number of nitrogens with zero attached hydrogens (tertiary/aromatic N) is 2. The molecule has 0 N–H and O–H groups in total. The van der Waals surface area contributed by atoms with Crippen molar-refractivity contribution in [3.63, 3.8) is 0 Å². The van der Waals surface area contributed by atoms with Gasteiger partial charge in [-0.25, -0.2) is 0 Å². The van der Waals surface area contributed by atoms with Crippen LogP contribution in [0.15, 0.2) is 102 Å². The van der Waals surface area contributed by atoms with Crippen LogP contribution in [0.5, 0.6) is 0 Å². The molecule has 8 rings (SSSR count). The van der Waals surface area contributed by atoms with Gasteiger partial charge in [0, 0.05) is 32.6 Å². The van der Waals surface area contributed by atoms with Crippen molar-refractivity contribution in [1.29, 1.82) is 0 Å². The minimum atomic E-state index is -1.75. The SMILES string of the molecule is CC(=O)OC[C@H]1O[C@@H](OC[C@H]2O[C@@H](Sc3c(C)cccc3C)[C@H](N3C(=O)c4ccccc4C3=O)[C@@H](OC(C)=O)[C@@H]2OCc2ccccc2)[C@H](N2C(=O)c3ccccc3C2=O)[C@@H](OC(C)=O)[C@@H]1OC(C)=O. The third-order valence-electron chi connectivity index (χ3n) is 12.2. The number of fused-ring (bicyclic) bond motifs is 2. The van der Waals surface area contributed by atoms with E-state index in [4.69, 9.17) is 37.9 Å². The van der Waals surface area contributed by atoms with E-state index < -0.39 is 121 Å². The summed E-state index contributed by atoms with van der Waals surface area (Å²) in [5, 5.41) is 0. The van der Waals surface area contributed by atoms with Crippen LogP contribution in [-0.4, -0.2) is 131 Å². The molecule has 0 bridgehead atoms. The smallest absolute Gasteiger partial charge is 0.303 e. The first-order valence-electron chi connectivity index (χ1n) is 22.4. The lowest BCUT2D eigenvalue weighted by Gasteiger charge is -2.49. The van der Waals surface area contributed by atoms with E-state index >= 15 is 0 Å². The van der Waals surface area contributed by atoms with E-state index in [1.807, 2.05) is 38.1 Å². The number of esters is 4. The first-order chi connectivity index (χ1) is 33.5. The van der Waals surface area contributed by atoms with Crippen molar-refractivity contribution in [1.82, 2.24) is 9.80 Å². The summed E-state index contributed by atoms with van der Waals surface area (Å²) in [5.41, 5.74) is 1.53. The molecular weight excluding hydrogens is 929 g/mol. The van der Waals surface area contributed by atoms with Crippen LogP contribution in [0.3, 0.4) is 0 Å². The number of rotatable bonds is 15. The molecular formula is C51H50N2O16S. The van der Waals surface area contributed by atoms with Gasteiger partial charge in [-0.05, 0) is 54.8 Å². The Morgan fingerprint density at radius 1 is 0.514 bits per heavy atom. The average Bonchev–Trinajstić information content (AvgIpc) is 3.72. The van der Waals surface area contributed by atoms with Crippen LogP contribution in [0.2, 0.25) is 0 Å². The first kappa shape index (κ1) is 49.6. The van der Waals surface area contributed by atoms with Crippen molar-refractivity contribution in [2.45, 2.75) is 113 Å². The van der Waals surface area contributed by atoms with Crippen molar-refractivity contribution in [3.05, 3.63) is 136 Å². The summed E-state index contributed by atoms with van der Waals surface area (Å²) in [5.74, 6) is -6.16. The van der Waals surface area contributed by atoms with E-state index in [0.717, 1.165) is 46.6 Å². The summed E-state index contributed by atoms with van der Waals surface area (Å²) >= 11 is 1.19. The summed E-state index contributed by atoms with van der Waals surface area (Å²) in [7, 11) is 0. The van der Waals surface area contributed by atoms with E-state index in [1.54, 1.807) is 48.5 Å². The number of imide groups is 2. The van der Waals surface area contributed by atoms with Gasteiger partial charge in [0.2, 0.25) is 0 Å². The van der Waals surface area contributed by atoms with Crippen molar-refractivity contribution in [2.75, 3.05) is 13.2 Å². The number of benzene rings is 4. The maximum absolute atomic E-state index is 14.5. The molecule has 4 heterocycles. The lowest BCUT2D eigenvalue weighted by Crippen LogP contribution is -2.68. The predicted octanol–water partition coefficient (Wildman–Crippen LogP) is 5.14. The number of carbonyl (C=O) groups excluding carboxylic acids is 8. The fourth-order valence-corrected chi connectivity index (χ4v) is 10.6. The van der Waals surface area contributed by atoms with Gasteiger partial charge in [-0.1, -0.05) is 84.6 Å². The van der Waals surface area contributed by atoms with Gasteiger partial charge in [0.15, 0.2) is 24.6 Å². The number of thioether (sulfide) groups is 1. The van der Waals surface area contributed by atoms with Crippen molar-refractivity contribution in [3.8, 4) is 0 Å². The molecule has 2 fully saturated rings. The third-order valence-corrected chi connectivity index (χ3v) is 13.7. The second-order valence-corrected chi connectivity index (χ2v) is 18.2. The summed E-state index contributed by atoms with van der Waals surface area (Å²) in [4.78, 5) is 111. The topological polar surface area (TPSA) is 217 Å². The fourth-order valence-electron chi connectivity index (χ4n) is 9.23. The van der Waals surface area contributed by atoms with E-state index in [1.165, 1.54) is 43.0 Å². The Balaban J connectivity index is 1.24. The molecule has 4 aromatic rings. The Bertz CT molecular complexity index is 2620. The summed E-state index contributed by atoms with van der Waals surface area (Å²) in [6, 6.07) is 24.1. The van der Waals surface area contributed by atoms with Gasteiger partial charge >= 0.3 is 23.9 Å². The minimum Gasteiger partial charge on any atom is -0.463 e. The summed E-state index contributed by atoms with van der Waals surface area (Å²) in [6.45, 7) is 7.06. The van der Waals surface area contributed by atoms with Crippen LogP contribution in [0.1, 0.15) is 85.8 Å². The maximum Gasteiger partial charge on any atom is 0.303 e. The van der Waals surface area contributed by atoms with E-state index in [9.17, 15) is 38.4 Å². The van der Waals surface area contributed by atoms with Crippen LogP contribution in [0, 0.1) is 13.8 Å². The number of hydrogen-bond donors (Lipinski definition) is 0. The average molecular weight is 979 g/mol. The molecule has 0 aliphatic carbocycles. The third kappa shape index (κ3) is 10.1. The molecule has 366 valence electrons. The Morgan fingerprint density at radius 3 is 1.47 bits per heavy atom. The van der Waals surface area contributed by atoms with Crippen LogP contribution in [0.4, 0.5) is 0 Å². The van der Waals surface area contributed by atoms with Gasteiger partial charge in [-0.15, -0.1) is 0 Å². The van der Waals surface area contributed by atoms with Crippen LogP contribution in [-0.2, 0) is 63.7 Å². The molecule has 10 atom stereocenters. The van der Waals surface area contributed by atoms with Gasteiger partial charge in [-0.2, -0.15) is 0 Å². The number of carbonyl (C=O) groups is 8. The Hall–Kier alpha value is -6.77. The highest BCUT2D eigenvalue weighted by molar-refractivity contribution is 8.00. The highest BCUT2D eigenvalue weighted by atomic mass is 32.2. The van der Waals surface area contributed by atoms with Crippen molar-refractivity contribution >= 4 is 59.3 Å². The monoisotopic (exact) mass is 978 g/mol. The lowest BCUT2D eigenvalue weighted by atomic mass is 9.94. The summed E-state index contributed by atoms with van der Waals surface area (Å²) < 4.78 is 49.7. The Morgan fingerprint density at radius 2 is 0.971 bits per heavy atom. The van der Waals surface area contributed by atoms with E-state index in [-0.39, 0.29) is 28.9 Å². The fraction of sp³-hybridized carbons (Fsp3) is 0.373. The highest BCUT2D eigenvalue weighted by Crippen LogP contribution is 2.44. The second kappa shape index (κ2) is 21.1. The number of amides is 4. The molecule has 18 nitrogen and oxygen atoms in total. The molecule has 4 aliphatic heterocycles. The number of hydrogen-bond acceptors (Lipinski definition) is 17. The molecule has 70 heavy (non-hydrogen) atoms. The quantitative estimate of drug-likeness (QED) is 0.0856. The molecule has 19 heteroatoms. The van der Waals surface area contributed by atoms with Gasteiger partial charge in [-0.3, -0.25) is 48.2 Å². The Kier molecular flexibility index (Phi) is 14.9.